The zero-order chi connectivity index (χ0) is 14.8. The second kappa shape index (κ2) is 5.48. The number of para-hydroxylation sites is 1. The molecule has 1 atom stereocenters. The lowest BCUT2D eigenvalue weighted by molar-refractivity contribution is -0.122. The Labute approximate surface area is 123 Å². The SMILES string of the molecule is Cc1c(O)cccc1OC1CCc2ccccc2NC1=O. The first-order chi connectivity index (χ1) is 10.1. The molecule has 2 aromatic carbocycles. The van der Waals surface area contributed by atoms with Crippen molar-refractivity contribution < 1.29 is 14.6 Å². The van der Waals surface area contributed by atoms with Crippen LogP contribution in [-0.2, 0) is 11.2 Å². The van der Waals surface area contributed by atoms with E-state index in [4.69, 9.17) is 4.74 Å². The van der Waals surface area contributed by atoms with Crippen LogP contribution in [-0.4, -0.2) is 17.1 Å². The Balaban J connectivity index is 1.82. The lowest BCUT2D eigenvalue weighted by Gasteiger charge is -2.17. The van der Waals surface area contributed by atoms with E-state index in [1.807, 2.05) is 24.3 Å². The van der Waals surface area contributed by atoms with E-state index in [-0.39, 0.29) is 11.7 Å². The number of carbonyl (C=O) groups is 1. The number of aromatic hydroxyl groups is 1. The van der Waals surface area contributed by atoms with Gasteiger partial charge in [-0.05, 0) is 43.5 Å². The lowest BCUT2D eigenvalue weighted by Crippen LogP contribution is -2.32. The number of hydrogen-bond acceptors (Lipinski definition) is 3. The highest BCUT2D eigenvalue weighted by molar-refractivity contribution is 5.95. The molecule has 1 aliphatic rings. The van der Waals surface area contributed by atoms with Crippen LogP contribution in [0.3, 0.4) is 0 Å². The quantitative estimate of drug-likeness (QED) is 0.890. The summed E-state index contributed by atoms with van der Waals surface area (Å²) in [6.45, 7) is 1.77. The van der Waals surface area contributed by atoms with Crippen LogP contribution >= 0.6 is 0 Å². The number of phenols is 1. The van der Waals surface area contributed by atoms with Crippen molar-refractivity contribution in [1.82, 2.24) is 0 Å². The third-order valence-corrected chi connectivity index (χ3v) is 3.77. The molecule has 1 heterocycles. The standard InChI is InChI=1S/C17H17NO3/c1-11-14(19)7-4-8-15(11)21-16-10-9-12-5-2-3-6-13(12)18-17(16)20/h2-8,16,19H,9-10H2,1H3,(H,18,20). The summed E-state index contributed by atoms with van der Waals surface area (Å²) in [6.07, 6.45) is 0.827. The summed E-state index contributed by atoms with van der Waals surface area (Å²) in [6, 6.07) is 12.9. The van der Waals surface area contributed by atoms with Gasteiger partial charge in [0.15, 0.2) is 6.10 Å². The molecule has 4 nitrogen and oxygen atoms in total. The van der Waals surface area contributed by atoms with Gasteiger partial charge in [0.25, 0.3) is 5.91 Å². The number of anilines is 1. The van der Waals surface area contributed by atoms with Gasteiger partial charge in [-0.2, -0.15) is 0 Å². The molecule has 0 fully saturated rings. The van der Waals surface area contributed by atoms with Crippen LogP contribution in [0.15, 0.2) is 42.5 Å². The van der Waals surface area contributed by atoms with Gasteiger partial charge in [0, 0.05) is 11.3 Å². The van der Waals surface area contributed by atoms with Gasteiger partial charge < -0.3 is 15.2 Å². The van der Waals surface area contributed by atoms with Crippen molar-refractivity contribution in [1.29, 1.82) is 0 Å². The average molecular weight is 283 g/mol. The smallest absolute Gasteiger partial charge is 0.265 e. The molecule has 21 heavy (non-hydrogen) atoms. The molecule has 1 aliphatic heterocycles. The van der Waals surface area contributed by atoms with Crippen molar-refractivity contribution in [2.75, 3.05) is 5.32 Å². The highest BCUT2D eigenvalue weighted by Gasteiger charge is 2.25. The van der Waals surface area contributed by atoms with Gasteiger partial charge >= 0.3 is 0 Å². The molecule has 2 aromatic rings. The maximum Gasteiger partial charge on any atom is 0.265 e. The number of amides is 1. The molecule has 0 bridgehead atoms. The monoisotopic (exact) mass is 283 g/mol. The third kappa shape index (κ3) is 2.70. The first-order valence-corrected chi connectivity index (χ1v) is 6.99. The van der Waals surface area contributed by atoms with Gasteiger partial charge in [0.1, 0.15) is 11.5 Å². The van der Waals surface area contributed by atoms with Crippen LogP contribution in [0, 0.1) is 6.92 Å². The fourth-order valence-electron chi connectivity index (χ4n) is 2.49. The van der Waals surface area contributed by atoms with Crippen LogP contribution in [0.25, 0.3) is 0 Å². The summed E-state index contributed by atoms with van der Waals surface area (Å²) in [4.78, 5) is 12.3. The molecule has 0 aromatic heterocycles. The fraction of sp³-hybridized carbons (Fsp3) is 0.235. The molecule has 0 saturated heterocycles. The fourth-order valence-corrected chi connectivity index (χ4v) is 2.49. The minimum Gasteiger partial charge on any atom is -0.508 e. The highest BCUT2D eigenvalue weighted by atomic mass is 16.5. The predicted molar refractivity (Wildman–Crippen MR) is 80.7 cm³/mol. The normalized spacial score (nSPS) is 17.6. The summed E-state index contributed by atoms with van der Waals surface area (Å²) in [7, 11) is 0. The largest absolute Gasteiger partial charge is 0.508 e. The minimum absolute atomic E-state index is 0.150. The average Bonchev–Trinajstić information content (AvgIpc) is 2.63. The van der Waals surface area contributed by atoms with Crippen LogP contribution < -0.4 is 10.1 Å². The van der Waals surface area contributed by atoms with Gasteiger partial charge in [-0.1, -0.05) is 24.3 Å². The van der Waals surface area contributed by atoms with Crippen LogP contribution in [0.2, 0.25) is 0 Å². The maximum absolute atomic E-state index is 12.3. The summed E-state index contributed by atoms with van der Waals surface area (Å²) in [5.41, 5.74) is 2.61. The van der Waals surface area contributed by atoms with Gasteiger partial charge in [-0.15, -0.1) is 0 Å². The number of fused-ring (bicyclic) bond motifs is 1. The van der Waals surface area contributed by atoms with Crippen molar-refractivity contribution in [3.63, 3.8) is 0 Å². The predicted octanol–water partition coefficient (Wildman–Crippen LogP) is 3.03. The van der Waals surface area contributed by atoms with E-state index < -0.39 is 6.10 Å². The van der Waals surface area contributed by atoms with Crippen molar-refractivity contribution in [2.24, 2.45) is 0 Å². The van der Waals surface area contributed by atoms with Crippen LogP contribution in [0.5, 0.6) is 11.5 Å². The van der Waals surface area contributed by atoms with Gasteiger partial charge in [-0.3, -0.25) is 4.79 Å². The highest BCUT2D eigenvalue weighted by Crippen LogP contribution is 2.29. The molecule has 0 radical (unpaired) electrons. The molecule has 3 rings (SSSR count). The van der Waals surface area contributed by atoms with Gasteiger partial charge in [-0.25, -0.2) is 0 Å². The Morgan fingerprint density at radius 3 is 2.86 bits per heavy atom. The van der Waals surface area contributed by atoms with Crippen molar-refractivity contribution in [3.05, 3.63) is 53.6 Å². The van der Waals surface area contributed by atoms with E-state index >= 15 is 0 Å². The lowest BCUT2D eigenvalue weighted by atomic mass is 10.1. The number of rotatable bonds is 2. The Kier molecular flexibility index (Phi) is 3.52. The van der Waals surface area contributed by atoms with Crippen LogP contribution in [0.4, 0.5) is 5.69 Å². The molecule has 0 spiro atoms. The number of aryl methyl sites for hydroxylation is 1. The first-order valence-electron chi connectivity index (χ1n) is 6.99. The Bertz CT molecular complexity index is 681. The molecule has 2 N–H and O–H groups in total. The second-order valence-corrected chi connectivity index (χ2v) is 5.19. The Hall–Kier alpha value is -2.49. The molecule has 0 saturated carbocycles. The topological polar surface area (TPSA) is 58.6 Å². The molecule has 108 valence electrons. The Morgan fingerprint density at radius 1 is 1.19 bits per heavy atom. The number of nitrogens with one attached hydrogen (secondary N) is 1. The molecule has 1 amide bonds. The maximum atomic E-state index is 12.3. The van der Waals surface area contributed by atoms with E-state index in [9.17, 15) is 9.90 Å². The summed E-state index contributed by atoms with van der Waals surface area (Å²) < 4.78 is 5.82. The van der Waals surface area contributed by atoms with E-state index in [2.05, 4.69) is 5.32 Å². The van der Waals surface area contributed by atoms with Crippen molar-refractivity contribution in [3.8, 4) is 11.5 Å². The van der Waals surface area contributed by atoms with Crippen molar-refractivity contribution in [2.45, 2.75) is 25.9 Å². The first kappa shape index (κ1) is 13.5. The number of carbonyl (C=O) groups excluding carboxylic acids is 1. The number of phenolic OH excluding ortho intramolecular Hbond substituents is 1. The van der Waals surface area contributed by atoms with Crippen molar-refractivity contribution >= 4 is 11.6 Å². The Morgan fingerprint density at radius 2 is 2.00 bits per heavy atom. The molecular formula is C17H17NO3. The molecular weight excluding hydrogens is 266 g/mol. The molecule has 1 unspecified atom stereocenters. The van der Waals surface area contributed by atoms with E-state index in [0.717, 1.165) is 17.7 Å². The molecule has 4 heteroatoms. The third-order valence-electron chi connectivity index (χ3n) is 3.77. The van der Waals surface area contributed by atoms with E-state index in [0.29, 0.717) is 17.7 Å². The number of ether oxygens (including phenoxy) is 1. The zero-order valence-electron chi connectivity index (χ0n) is 11.8. The van der Waals surface area contributed by atoms with Gasteiger partial charge in [0.2, 0.25) is 0 Å². The van der Waals surface area contributed by atoms with Crippen LogP contribution in [0.1, 0.15) is 17.5 Å². The minimum atomic E-state index is -0.558. The number of hydrogen-bond donors (Lipinski definition) is 2. The summed E-state index contributed by atoms with van der Waals surface area (Å²) >= 11 is 0. The van der Waals surface area contributed by atoms with Gasteiger partial charge in [0.05, 0.1) is 0 Å². The molecule has 0 aliphatic carbocycles. The number of benzene rings is 2. The zero-order valence-corrected chi connectivity index (χ0v) is 11.8. The van der Waals surface area contributed by atoms with E-state index in [1.54, 1.807) is 25.1 Å². The summed E-state index contributed by atoms with van der Waals surface area (Å²) in [5, 5.41) is 12.6. The second-order valence-electron chi connectivity index (χ2n) is 5.19. The van der Waals surface area contributed by atoms with E-state index in [1.165, 1.54) is 0 Å². The summed E-state index contributed by atoms with van der Waals surface area (Å²) in [5.74, 6) is 0.564.